The number of hydrogen-bond donors (Lipinski definition) is 0. The molecule has 0 radical (unpaired) electrons. The van der Waals surface area contributed by atoms with Gasteiger partial charge >= 0.3 is 5.97 Å². The summed E-state index contributed by atoms with van der Waals surface area (Å²) in [4.78, 5) is 13.7. The highest BCUT2D eigenvalue weighted by Gasteiger charge is 2.12. The highest BCUT2D eigenvalue weighted by molar-refractivity contribution is 5.69. The molecule has 0 N–H and O–H groups in total. The fourth-order valence-corrected chi connectivity index (χ4v) is 1.60. The Hall–Kier alpha value is -0.610. The third-order valence-corrected chi connectivity index (χ3v) is 2.99. The number of esters is 1. The Morgan fingerprint density at radius 2 is 2.12 bits per heavy atom. The number of ether oxygens (including phenoxy) is 2. The normalized spacial score (nSPS) is 19.4. The number of carbonyl (C=O) groups excluding carboxylic acids is 1. The molecule has 1 aliphatic rings. The van der Waals surface area contributed by atoms with E-state index in [0.29, 0.717) is 18.9 Å². The van der Waals surface area contributed by atoms with Crippen LogP contribution in [0.2, 0.25) is 0 Å². The van der Waals surface area contributed by atoms with Crippen LogP contribution in [0.3, 0.4) is 0 Å². The van der Waals surface area contributed by atoms with E-state index in [-0.39, 0.29) is 5.97 Å². The van der Waals surface area contributed by atoms with E-state index in [0.717, 1.165) is 39.3 Å². The highest BCUT2D eigenvalue weighted by Crippen LogP contribution is 2.07. The summed E-state index contributed by atoms with van der Waals surface area (Å²) in [5, 5.41) is 0. The van der Waals surface area contributed by atoms with Crippen molar-refractivity contribution >= 4 is 5.97 Å². The van der Waals surface area contributed by atoms with Gasteiger partial charge in [0.1, 0.15) is 6.61 Å². The zero-order chi connectivity index (χ0) is 11.8. The second kappa shape index (κ2) is 7.63. The zero-order valence-corrected chi connectivity index (χ0v) is 10.4. The van der Waals surface area contributed by atoms with Gasteiger partial charge in [-0.05, 0) is 5.92 Å². The molecule has 1 aliphatic heterocycles. The third kappa shape index (κ3) is 5.47. The molecule has 0 saturated carbocycles. The minimum Gasteiger partial charge on any atom is -0.464 e. The summed E-state index contributed by atoms with van der Waals surface area (Å²) in [7, 11) is 0. The van der Waals surface area contributed by atoms with Crippen LogP contribution >= 0.6 is 0 Å². The average molecular weight is 229 g/mol. The number of rotatable bonds is 6. The minimum atomic E-state index is -0.0670. The molecule has 1 rings (SSSR count). The van der Waals surface area contributed by atoms with Gasteiger partial charge in [0.25, 0.3) is 0 Å². The van der Waals surface area contributed by atoms with Gasteiger partial charge in [0, 0.05) is 26.1 Å². The SMILES string of the molecule is CCC(C)CC(=O)OCCN1CCOCC1. The first-order valence-electron chi connectivity index (χ1n) is 6.18. The van der Waals surface area contributed by atoms with Gasteiger partial charge in [-0.25, -0.2) is 0 Å². The van der Waals surface area contributed by atoms with Crippen molar-refractivity contribution < 1.29 is 14.3 Å². The summed E-state index contributed by atoms with van der Waals surface area (Å²) < 4.78 is 10.4. The van der Waals surface area contributed by atoms with Crippen molar-refractivity contribution in [1.82, 2.24) is 4.90 Å². The predicted octanol–water partition coefficient (Wildman–Crippen LogP) is 1.30. The predicted molar refractivity (Wildman–Crippen MR) is 62.3 cm³/mol. The molecule has 0 bridgehead atoms. The molecule has 0 spiro atoms. The van der Waals surface area contributed by atoms with Crippen LogP contribution in [-0.2, 0) is 14.3 Å². The Balaban J connectivity index is 2.03. The average Bonchev–Trinajstić information content (AvgIpc) is 2.30. The van der Waals surface area contributed by atoms with Crippen LogP contribution in [-0.4, -0.2) is 50.3 Å². The molecule has 1 fully saturated rings. The van der Waals surface area contributed by atoms with Crippen LogP contribution in [0, 0.1) is 5.92 Å². The van der Waals surface area contributed by atoms with E-state index >= 15 is 0 Å². The van der Waals surface area contributed by atoms with Crippen LogP contribution in [0.25, 0.3) is 0 Å². The molecule has 0 aromatic heterocycles. The van der Waals surface area contributed by atoms with Crippen LogP contribution in [0.1, 0.15) is 26.7 Å². The highest BCUT2D eigenvalue weighted by atomic mass is 16.5. The van der Waals surface area contributed by atoms with E-state index in [4.69, 9.17) is 9.47 Å². The van der Waals surface area contributed by atoms with E-state index in [2.05, 4.69) is 18.7 Å². The second-order valence-electron chi connectivity index (χ2n) is 4.39. The lowest BCUT2D eigenvalue weighted by atomic mass is 10.1. The Bertz CT molecular complexity index is 202. The van der Waals surface area contributed by atoms with E-state index in [1.165, 1.54) is 0 Å². The summed E-state index contributed by atoms with van der Waals surface area (Å²) >= 11 is 0. The summed E-state index contributed by atoms with van der Waals surface area (Å²) in [6, 6.07) is 0. The Morgan fingerprint density at radius 1 is 1.44 bits per heavy atom. The molecular weight excluding hydrogens is 206 g/mol. The zero-order valence-electron chi connectivity index (χ0n) is 10.4. The maximum Gasteiger partial charge on any atom is 0.306 e. The maximum absolute atomic E-state index is 11.4. The molecule has 1 saturated heterocycles. The summed E-state index contributed by atoms with van der Waals surface area (Å²) in [5.41, 5.74) is 0. The molecule has 0 aromatic carbocycles. The summed E-state index contributed by atoms with van der Waals surface area (Å²) in [6.07, 6.45) is 1.57. The summed E-state index contributed by atoms with van der Waals surface area (Å²) in [5.74, 6) is 0.360. The maximum atomic E-state index is 11.4. The van der Waals surface area contributed by atoms with E-state index in [1.807, 2.05) is 0 Å². The minimum absolute atomic E-state index is 0.0670. The van der Waals surface area contributed by atoms with Crippen LogP contribution in [0.15, 0.2) is 0 Å². The number of hydrogen-bond acceptors (Lipinski definition) is 4. The van der Waals surface area contributed by atoms with E-state index in [9.17, 15) is 4.79 Å². The molecule has 1 heterocycles. The van der Waals surface area contributed by atoms with Crippen molar-refractivity contribution in [3.8, 4) is 0 Å². The molecule has 0 amide bonds. The fraction of sp³-hybridized carbons (Fsp3) is 0.917. The number of morpholine rings is 1. The smallest absolute Gasteiger partial charge is 0.306 e. The quantitative estimate of drug-likeness (QED) is 0.643. The van der Waals surface area contributed by atoms with Gasteiger partial charge in [0.2, 0.25) is 0 Å². The van der Waals surface area contributed by atoms with Gasteiger partial charge < -0.3 is 9.47 Å². The monoisotopic (exact) mass is 229 g/mol. The lowest BCUT2D eigenvalue weighted by Crippen LogP contribution is -2.38. The van der Waals surface area contributed by atoms with Crippen LogP contribution in [0.4, 0.5) is 0 Å². The Kier molecular flexibility index (Phi) is 6.42. The summed E-state index contributed by atoms with van der Waals surface area (Å²) in [6.45, 7) is 8.98. The number of nitrogens with zero attached hydrogens (tertiary/aromatic N) is 1. The van der Waals surface area contributed by atoms with Crippen LogP contribution in [0.5, 0.6) is 0 Å². The molecular formula is C12H23NO3. The van der Waals surface area contributed by atoms with Gasteiger partial charge in [-0.3, -0.25) is 9.69 Å². The van der Waals surface area contributed by atoms with E-state index < -0.39 is 0 Å². The van der Waals surface area contributed by atoms with Gasteiger partial charge in [-0.1, -0.05) is 20.3 Å². The lowest BCUT2D eigenvalue weighted by Gasteiger charge is -2.26. The first-order valence-corrected chi connectivity index (χ1v) is 6.18. The molecule has 0 aliphatic carbocycles. The molecule has 4 nitrogen and oxygen atoms in total. The van der Waals surface area contributed by atoms with Crippen molar-refractivity contribution in [2.75, 3.05) is 39.5 Å². The van der Waals surface area contributed by atoms with Crippen LogP contribution < -0.4 is 0 Å². The second-order valence-corrected chi connectivity index (χ2v) is 4.39. The first kappa shape index (κ1) is 13.5. The lowest BCUT2D eigenvalue weighted by molar-refractivity contribution is -0.145. The van der Waals surface area contributed by atoms with Gasteiger partial charge in [0.05, 0.1) is 13.2 Å². The van der Waals surface area contributed by atoms with E-state index in [1.54, 1.807) is 0 Å². The molecule has 0 aromatic rings. The topological polar surface area (TPSA) is 38.8 Å². The molecule has 94 valence electrons. The van der Waals surface area contributed by atoms with Crippen molar-refractivity contribution in [3.63, 3.8) is 0 Å². The largest absolute Gasteiger partial charge is 0.464 e. The van der Waals surface area contributed by atoms with Gasteiger partial charge in [-0.2, -0.15) is 0 Å². The molecule has 1 atom stereocenters. The number of carbonyl (C=O) groups is 1. The Labute approximate surface area is 97.9 Å². The first-order chi connectivity index (χ1) is 7.72. The van der Waals surface area contributed by atoms with Crippen molar-refractivity contribution in [2.45, 2.75) is 26.7 Å². The van der Waals surface area contributed by atoms with Crippen molar-refractivity contribution in [1.29, 1.82) is 0 Å². The molecule has 1 unspecified atom stereocenters. The fourth-order valence-electron chi connectivity index (χ4n) is 1.60. The van der Waals surface area contributed by atoms with Crippen molar-refractivity contribution in [3.05, 3.63) is 0 Å². The standard InChI is InChI=1S/C12H23NO3/c1-3-11(2)10-12(14)16-9-6-13-4-7-15-8-5-13/h11H,3-10H2,1-2H3. The van der Waals surface area contributed by atoms with Gasteiger partial charge in [-0.15, -0.1) is 0 Å². The third-order valence-electron chi connectivity index (χ3n) is 2.99. The van der Waals surface area contributed by atoms with Crippen molar-refractivity contribution in [2.24, 2.45) is 5.92 Å². The van der Waals surface area contributed by atoms with Gasteiger partial charge in [0.15, 0.2) is 0 Å². The Morgan fingerprint density at radius 3 is 2.75 bits per heavy atom. The molecule has 16 heavy (non-hydrogen) atoms. The molecule has 4 heteroatoms.